The van der Waals surface area contributed by atoms with Gasteiger partial charge in [-0.15, -0.1) is 5.10 Å². The van der Waals surface area contributed by atoms with Gasteiger partial charge in [0.25, 0.3) is 5.91 Å². The predicted octanol–water partition coefficient (Wildman–Crippen LogP) is 8.14. The molecule has 204 valence electrons. The number of carbonyl (C=O) groups excluding carboxylic acids is 1. The lowest BCUT2D eigenvalue weighted by Gasteiger charge is -2.16. The van der Waals surface area contributed by atoms with E-state index in [1.165, 1.54) is 23.5 Å². The Bertz CT molecular complexity index is 1830. The van der Waals surface area contributed by atoms with Crippen molar-refractivity contribution in [2.75, 3.05) is 4.90 Å². The smallest absolute Gasteiger partial charge is 0.271 e. The quantitative estimate of drug-likeness (QED) is 0.177. The van der Waals surface area contributed by atoms with Crippen molar-refractivity contribution < 1.29 is 9.21 Å². The Kier molecular flexibility index (Phi) is 7.72. The average molecular weight is 620 g/mol. The molecule has 3 heterocycles. The molecule has 0 aliphatic carbocycles. The summed E-state index contributed by atoms with van der Waals surface area (Å²) in [5, 5.41) is 14.8. The third-order valence-corrected chi connectivity index (χ3v) is 8.75. The number of furan rings is 1. The van der Waals surface area contributed by atoms with Crippen LogP contribution in [0.15, 0.2) is 103 Å². The molecule has 41 heavy (non-hydrogen) atoms. The second-order valence-electron chi connectivity index (χ2n) is 8.98. The van der Waals surface area contributed by atoms with Gasteiger partial charge in [-0.2, -0.15) is 4.68 Å². The summed E-state index contributed by atoms with van der Waals surface area (Å²) >= 11 is 15.3. The standard InChI is InChI=1S/C29H20Cl2N6O2S2/c1-17-8-10-19(14-23(17)30)32-28-36(21-11-9-18(2)24(31)15-21)27(38)25(40-28)16-22-12-13-26(39-22)41-29-33-34-35-37(29)20-6-4-3-5-7-20/h3-16H,1-2H3/b25-16-,32-28?. The Morgan fingerprint density at radius 3 is 2.44 bits per heavy atom. The zero-order chi connectivity index (χ0) is 28.5. The van der Waals surface area contributed by atoms with Gasteiger partial charge in [-0.25, -0.2) is 4.99 Å². The Morgan fingerprint density at radius 2 is 1.68 bits per heavy atom. The SMILES string of the molecule is Cc1ccc(N=C2S/C(=C\c3ccc(Sc4nnnn4-c4ccccc4)o3)C(=O)N2c2ccc(C)c(Cl)c2)cc1Cl. The number of hydrogen-bond acceptors (Lipinski definition) is 8. The van der Waals surface area contributed by atoms with Gasteiger partial charge in [-0.3, -0.25) is 9.69 Å². The van der Waals surface area contributed by atoms with Crippen LogP contribution in [0.5, 0.6) is 0 Å². The van der Waals surface area contributed by atoms with Crippen LogP contribution in [0.4, 0.5) is 11.4 Å². The van der Waals surface area contributed by atoms with Gasteiger partial charge in [-0.05, 0) is 107 Å². The molecule has 3 aromatic carbocycles. The molecule has 0 spiro atoms. The minimum absolute atomic E-state index is 0.245. The van der Waals surface area contributed by atoms with Crippen LogP contribution in [0.3, 0.4) is 0 Å². The highest BCUT2D eigenvalue weighted by molar-refractivity contribution is 8.19. The number of tetrazole rings is 1. The molecular weight excluding hydrogens is 599 g/mol. The second kappa shape index (κ2) is 11.6. The number of aliphatic imine (C=N–C) groups is 1. The maximum atomic E-state index is 13.7. The maximum Gasteiger partial charge on any atom is 0.271 e. The summed E-state index contributed by atoms with van der Waals surface area (Å²) in [6.07, 6.45) is 1.70. The van der Waals surface area contributed by atoms with Crippen LogP contribution in [0.25, 0.3) is 11.8 Å². The number of amidine groups is 1. The number of hydrogen-bond donors (Lipinski definition) is 0. The highest BCUT2D eigenvalue weighted by Gasteiger charge is 2.35. The molecular formula is C29H20Cl2N6O2S2. The van der Waals surface area contributed by atoms with E-state index in [0.717, 1.165) is 16.8 Å². The molecule has 6 rings (SSSR count). The maximum absolute atomic E-state index is 13.7. The number of benzene rings is 3. The highest BCUT2D eigenvalue weighted by Crippen LogP contribution is 2.39. The van der Waals surface area contributed by atoms with E-state index in [9.17, 15) is 4.79 Å². The van der Waals surface area contributed by atoms with Crippen molar-refractivity contribution in [3.05, 3.63) is 111 Å². The van der Waals surface area contributed by atoms with Crippen molar-refractivity contribution >= 4 is 75.3 Å². The molecule has 12 heteroatoms. The van der Waals surface area contributed by atoms with E-state index in [1.807, 2.05) is 74.5 Å². The van der Waals surface area contributed by atoms with Crippen LogP contribution in [0, 0.1) is 13.8 Å². The molecule has 1 amide bonds. The van der Waals surface area contributed by atoms with Gasteiger partial charge in [-0.1, -0.05) is 53.5 Å². The molecule has 0 unspecified atom stereocenters. The fourth-order valence-corrected chi connectivity index (χ4v) is 6.01. The fourth-order valence-electron chi connectivity index (χ4n) is 3.92. The predicted molar refractivity (Wildman–Crippen MR) is 165 cm³/mol. The average Bonchev–Trinajstić information content (AvgIpc) is 3.69. The number of halogens is 2. The number of aromatic nitrogens is 4. The molecule has 1 saturated heterocycles. The van der Waals surface area contributed by atoms with Crippen LogP contribution in [0.2, 0.25) is 10.0 Å². The lowest BCUT2D eigenvalue weighted by molar-refractivity contribution is -0.113. The molecule has 5 aromatic rings. The number of aryl methyl sites for hydroxylation is 2. The van der Waals surface area contributed by atoms with E-state index >= 15 is 0 Å². The van der Waals surface area contributed by atoms with Crippen LogP contribution < -0.4 is 4.90 Å². The first kappa shape index (κ1) is 27.3. The number of amides is 1. The van der Waals surface area contributed by atoms with Gasteiger partial charge in [0, 0.05) is 16.1 Å². The summed E-state index contributed by atoms with van der Waals surface area (Å²) in [6.45, 7) is 3.83. The lowest BCUT2D eigenvalue weighted by atomic mass is 10.2. The molecule has 0 saturated carbocycles. The minimum atomic E-state index is -0.245. The molecule has 1 fully saturated rings. The molecule has 0 N–H and O–H groups in total. The first-order chi connectivity index (χ1) is 19.9. The number of nitrogens with zero attached hydrogens (tertiary/aromatic N) is 6. The van der Waals surface area contributed by atoms with Crippen LogP contribution >= 0.6 is 46.7 Å². The zero-order valence-electron chi connectivity index (χ0n) is 21.7. The highest BCUT2D eigenvalue weighted by atomic mass is 35.5. The molecule has 1 aliphatic heterocycles. The summed E-state index contributed by atoms with van der Waals surface area (Å²) in [5.74, 6) is 0.258. The van der Waals surface area contributed by atoms with E-state index in [-0.39, 0.29) is 5.91 Å². The summed E-state index contributed by atoms with van der Waals surface area (Å²) in [6, 6.07) is 24.2. The molecule has 0 radical (unpaired) electrons. The first-order valence-corrected chi connectivity index (χ1v) is 14.7. The van der Waals surface area contributed by atoms with Gasteiger partial charge in [0.2, 0.25) is 5.16 Å². The van der Waals surface area contributed by atoms with E-state index in [2.05, 4.69) is 15.5 Å². The molecule has 0 atom stereocenters. The van der Waals surface area contributed by atoms with Gasteiger partial charge in [0.05, 0.1) is 22.0 Å². The number of carbonyl (C=O) groups is 1. The molecule has 8 nitrogen and oxygen atoms in total. The Balaban J connectivity index is 1.31. The topological polar surface area (TPSA) is 89.4 Å². The monoisotopic (exact) mass is 618 g/mol. The van der Waals surface area contributed by atoms with Crippen LogP contribution in [-0.4, -0.2) is 31.3 Å². The zero-order valence-corrected chi connectivity index (χ0v) is 24.8. The fraction of sp³-hybridized carbons (Fsp3) is 0.0690. The van der Waals surface area contributed by atoms with E-state index in [0.29, 0.717) is 47.5 Å². The Morgan fingerprint density at radius 1 is 0.927 bits per heavy atom. The van der Waals surface area contributed by atoms with Crippen molar-refractivity contribution in [1.82, 2.24) is 20.2 Å². The third-order valence-electron chi connectivity index (χ3n) is 6.11. The van der Waals surface area contributed by atoms with E-state index in [4.69, 9.17) is 32.6 Å². The second-order valence-corrected chi connectivity index (χ2v) is 11.8. The van der Waals surface area contributed by atoms with Gasteiger partial charge in [0.15, 0.2) is 10.3 Å². The van der Waals surface area contributed by atoms with Crippen molar-refractivity contribution in [3.63, 3.8) is 0 Å². The number of anilines is 1. The third kappa shape index (κ3) is 5.82. The van der Waals surface area contributed by atoms with Crippen molar-refractivity contribution in [1.29, 1.82) is 0 Å². The lowest BCUT2D eigenvalue weighted by Crippen LogP contribution is -2.28. The van der Waals surface area contributed by atoms with Crippen molar-refractivity contribution in [3.8, 4) is 5.69 Å². The van der Waals surface area contributed by atoms with Gasteiger partial charge >= 0.3 is 0 Å². The summed E-state index contributed by atoms with van der Waals surface area (Å²) in [5.41, 5.74) is 3.93. The van der Waals surface area contributed by atoms with E-state index < -0.39 is 0 Å². The van der Waals surface area contributed by atoms with Gasteiger partial charge < -0.3 is 4.42 Å². The number of thioether (sulfide) groups is 1. The molecule has 2 aromatic heterocycles. The van der Waals surface area contributed by atoms with Crippen LogP contribution in [0.1, 0.15) is 16.9 Å². The summed E-state index contributed by atoms with van der Waals surface area (Å²) in [4.78, 5) is 20.5. The Hall–Kier alpha value is -3.83. The number of para-hydroxylation sites is 1. The normalized spacial score (nSPS) is 15.4. The van der Waals surface area contributed by atoms with Gasteiger partial charge in [0.1, 0.15) is 5.76 Å². The van der Waals surface area contributed by atoms with Crippen molar-refractivity contribution in [2.45, 2.75) is 24.1 Å². The first-order valence-electron chi connectivity index (χ1n) is 12.3. The summed E-state index contributed by atoms with van der Waals surface area (Å²) in [7, 11) is 0. The number of rotatable bonds is 6. The summed E-state index contributed by atoms with van der Waals surface area (Å²) < 4.78 is 7.66. The Labute approximate surface area is 254 Å². The van der Waals surface area contributed by atoms with Crippen molar-refractivity contribution in [2.24, 2.45) is 4.99 Å². The molecule has 1 aliphatic rings. The van der Waals surface area contributed by atoms with E-state index in [1.54, 1.807) is 33.9 Å². The van der Waals surface area contributed by atoms with Crippen LogP contribution in [-0.2, 0) is 4.79 Å². The largest absolute Gasteiger partial charge is 0.450 e. The molecule has 0 bridgehead atoms. The minimum Gasteiger partial charge on any atom is -0.450 e.